The molecular weight excluding hydrogens is 951 g/mol. The zero-order chi connectivity index (χ0) is 53.7. The van der Waals surface area contributed by atoms with Crippen molar-refractivity contribution in [2.45, 2.75) is 189 Å². The van der Waals surface area contributed by atoms with Crippen LogP contribution in [0.3, 0.4) is 0 Å². The number of ether oxygens (including phenoxy) is 4. The summed E-state index contributed by atoms with van der Waals surface area (Å²) < 4.78 is 23.8. The van der Waals surface area contributed by atoms with E-state index >= 15 is 0 Å². The Kier molecular flexibility index (Phi) is 25.8. The molecule has 1 aromatic rings. The van der Waals surface area contributed by atoms with E-state index in [2.05, 4.69) is 20.6 Å². The first-order valence-corrected chi connectivity index (χ1v) is 25.1. The number of fused-ring (bicyclic) bond motifs is 2. The van der Waals surface area contributed by atoms with Gasteiger partial charge in [-0.2, -0.15) is 0 Å². The summed E-state index contributed by atoms with van der Waals surface area (Å²) in [6, 6.07) is -3.00. The SMILES string of the molecule is C[C@@H]1[C@H](O)[C@@H](C)/C=C/C=C/C=C/C=C/C=C/C=C/C=C/[C@H](O[C@@H]2O[C@H](C)[C@@H](O)[C@H](N)[C@@H]2O)C[C@@H]2O[C@](O)(C[C@@H](O)C[C@@H](O)[C@H](O)CC[C@@H](O)C[C@@H](O)CC(=O)O[C@H]1C)C[C@H](O)[C@H]2NC(=O)NCCc1c[nH]cn1. The molecule has 73 heavy (non-hydrogen) atoms. The largest absolute Gasteiger partial charge is 0.462 e. The summed E-state index contributed by atoms with van der Waals surface area (Å²) >= 11 is 0. The molecule has 0 unspecified atom stereocenters. The first-order chi connectivity index (χ1) is 34.7. The summed E-state index contributed by atoms with van der Waals surface area (Å²) in [7, 11) is 0. The molecule has 0 aromatic carbocycles. The van der Waals surface area contributed by atoms with Crippen molar-refractivity contribution in [3.8, 4) is 0 Å². The number of rotatable bonds is 6. The number of nitrogens with zero attached hydrogens (tertiary/aromatic N) is 1. The Labute approximate surface area is 427 Å². The summed E-state index contributed by atoms with van der Waals surface area (Å²) in [4.78, 5) is 33.0. The lowest BCUT2D eigenvalue weighted by molar-refractivity contribution is -0.303. The zero-order valence-corrected chi connectivity index (χ0v) is 42.1. The number of esters is 1. The Morgan fingerprint density at radius 1 is 0.753 bits per heavy atom. The van der Waals surface area contributed by atoms with Crippen molar-refractivity contribution >= 4 is 12.0 Å². The predicted octanol–water partition coefficient (Wildman–Crippen LogP) is 0.645. The molecule has 3 aliphatic rings. The summed E-state index contributed by atoms with van der Waals surface area (Å²) in [5.74, 6) is -3.73. The summed E-state index contributed by atoms with van der Waals surface area (Å²) in [6.07, 6.45) is 8.38. The molecule has 2 saturated heterocycles. The van der Waals surface area contributed by atoms with Gasteiger partial charge in [0.05, 0.1) is 97.7 Å². The topological polar surface area (TPSA) is 352 Å². The first-order valence-electron chi connectivity index (χ1n) is 25.1. The van der Waals surface area contributed by atoms with E-state index in [4.69, 9.17) is 24.7 Å². The molecule has 0 aliphatic carbocycles. The Morgan fingerprint density at radius 2 is 1.38 bits per heavy atom. The van der Waals surface area contributed by atoms with Gasteiger partial charge >= 0.3 is 12.0 Å². The standard InChI is InChI=1S/C52H81N5O16/c1-31-17-15-13-11-9-7-5-6-8-10-12-14-16-18-39(72-50-49(67)45(53)48(66)34(4)71-50)26-43-46(57-51(68)55-22-21-35-29-54-30-56-35)42(63)28-52(69,73-43)27-38(60)24-41(62)40(61)20-19-36(58)23-37(59)25-44(64)70-33(3)32(2)47(31)65/h5-18,29-34,36-43,45-50,58-63,65-67,69H,19-28,53H2,1-4H3,(H,54,56)(H2,55,57,68)/b6-5+,9-7+,10-8+,13-11+,14-12+,17-15+,18-16+/t31-,32-,33-,34+,36+,37+,38-,39-,40+,41+,42-,43-,45-,46+,47+,48+,49-,50-,52+/m0/s1. The van der Waals surface area contributed by atoms with E-state index in [9.17, 15) is 60.7 Å². The maximum Gasteiger partial charge on any atom is 0.315 e. The number of aliphatic hydroxyl groups is 10. The number of H-pyrrole nitrogens is 1. The highest BCUT2D eigenvalue weighted by molar-refractivity contribution is 5.74. The Bertz CT molecular complexity index is 2000. The van der Waals surface area contributed by atoms with Crippen LogP contribution in [0, 0.1) is 11.8 Å². The second-order valence-electron chi connectivity index (χ2n) is 19.4. The van der Waals surface area contributed by atoms with Crippen LogP contribution in [0.25, 0.3) is 0 Å². The van der Waals surface area contributed by atoms with Gasteiger partial charge in [-0.1, -0.05) is 98.9 Å². The fraction of sp³-hybridized carbons (Fsp3) is 0.635. The Morgan fingerprint density at radius 3 is 2.01 bits per heavy atom. The average Bonchev–Trinajstić information content (AvgIpc) is 3.85. The van der Waals surface area contributed by atoms with Crippen LogP contribution < -0.4 is 16.4 Å². The van der Waals surface area contributed by atoms with Crippen LogP contribution in [-0.4, -0.2) is 183 Å². The zero-order valence-electron chi connectivity index (χ0n) is 42.1. The van der Waals surface area contributed by atoms with E-state index in [1.54, 1.807) is 75.6 Å². The molecule has 2 fully saturated rings. The molecule has 0 radical (unpaired) electrons. The molecule has 19 atom stereocenters. The number of cyclic esters (lactones) is 1. The first kappa shape index (κ1) is 61.1. The molecule has 4 rings (SSSR count). The second-order valence-corrected chi connectivity index (χ2v) is 19.4. The lowest BCUT2D eigenvalue weighted by atomic mass is 9.87. The molecular formula is C52H81N5O16. The number of imidazole rings is 1. The number of carbonyl (C=O) groups excluding carboxylic acids is 2. The number of aliphatic hydroxyl groups excluding tert-OH is 9. The van der Waals surface area contributed by atoms with Gasteiger partial charge in [-0.25, -0.2) is 9.78 Å². The van der Waals surface area contributed by atoms with E-state index in [-0.39, 0.29) is 38.1 Å². The Balaban J connectivity index is 1.59. The maximum absolute atomic E-state index is 13.3. The van der Waals surface area contributed by atoms with Gasteiger partial charge in [-0.15, -0.1) is 0 Å². The van der Waals surface area contributed by atoms with E-state index in [1.807, 2.05) is 43.4 Å². The van der Waals surface area contributed by atoms with Gasteiger partial charge < -0.3 is 91.4 Å². The number of aromatic amines is 1. The van der Waals surface area contributed by atoms with Gasteiger partial charge in [0, 0.05) is 56.7 Å². The smallest absolute Gasteiger partial charge is 0.315 e. The highest BCUT2D eigenvalue weighted by atomic mass is 16.7. The van der Waals surface area contributed by atoms with Gasteiger partial charge in [0.1, 0.15) is 12.2 Å². The van der Waals surface area contributed by atoms with Crippen LogP contribution in [0.5, 0.6) is 0 Å². The highest BCUT2D eigenvalue weighted by Gasteiger charge is 2.49. The second kappa shape index (κ2) is 30.8. The van der Waals surface area contributed by atoms with Crippen molar-refractivity contribution in [2.75, 3.05) is 6.54 Å². The number of urea groups is 1. The molecule has 15 N–H and O–H groups in total. The van der Waals surface area contributed by atoms with E-state index in [0.29, 0.717) is 12.1 Å². The monoisotopic (exact) mass is 1030 g/mol. The molecule has 2 amide bonds. The quantitative estimate of drug-likeness (QED) is 0.174. The fourth-order valence-electron chi connectivity index (χ4n) is 8.77. The van der Waals surface area contributed by atoms with Crippen molar-refractivity contribution in [3.05, 3.63) is 103 Å². The number of nitrogens with one attached hydrogen (secondary N) is 3. The van der Waals surface area contributed by atoms with Gasteiger partial charge in [0.15, 0.2) is 12.1 Å². The third-order valence-corrected chi connectivity index (χ3v) is 13.3. The minimum atomic E-state index is -2.27. The van der Waals surface area contributed by atoms with Crippen molar-refractivity contribution in [2.24, 2.45) is 17.6 Å². The predicted molar refractivity (Wildman–Crippen MR) is 268 cm³/mol. The van der Waals surface area contributed by atoms with Crippen molar-refractivity contribution in [1.82, 2.24) is 20.6 Å². The number of hydrogen-bond acceptors (Lipinski definition) is 18. The van der Waals surface area contributed by atoms with Crippen LogP contribution in [0.2, 0.25) is 0 Å². The third-order valence-electron chi connectivity index (χ3n) is 13.3. The number of amides is 2. The van der Waals surface area contributed by atoms with Gasteiger partial charge in [0.25, 0.3) is 0 Å². The molecule has 1 aromatic heterocycles. The van der Waals surface area contributed by atoms with E-state index in [0.717, 1.165) is 0 Å². The maximum atomic E-state index is 13.3. The van der Waals surface area contributed by atoms with Gasteiger partial charge in [-0.05, 0) is 33.1 Å². The molecule has 0 saturated carbocycles. The van der Waals surface area contributed by atoms with Crippen LogP contribution in [0.15, 0.2) is 97.6 Å². The normalized spacial score (nSPS) is 41.7. The van der Waals surface area contributed by atoms with E-state index in [1.165, 1.54) is 6.33 Å². The van der Waals surface area contributed by atoms with Crippen LogP contribution in [0.4, 0.5) is 4.79 Å². The molecule has 21 nitrogen and oxygen atoms in total. The number of carbonyl (C=O) groups is 2. The molecule has 4 heterocycles. The van der Waals surface area contributed by atoms with E-state index < -0.39 is 147 Å². The van der Waals surface area contributed by atoms with Gasteiger partial charge in [0.2, 0.25) is 0 Å². The summed E-state index contributed by atoms with van der Waals surface area (Å²) in [5.41, 5.74) is 6.82. The number of nitrogens with two attached hydrogens (primary N) is 1. The minimum absolute atomic E-state index is 0.0988. The van der Waals surface area contributed by atoms with Crippen LogP contribution >= 0.6 is 0 Å². The number of allylic oxidation sites excluding steroid dienone is 12. The molecule has 410 valence electrons. The van der Waals surface area contributed by atoms with Crippen molar-refractivity contribution < 1.29 is 79.6 Å². The molecule has 21 heteroatoms. The lowest BCUT2D eigenvalue weighted by Gasteiger charge is -2.46. The number of aromatic nitrogens is 2. The molecule has 0 spiro atoms. The Hall–Kier alpha value is -4.43. The van der Waals surface area contributed by atoms with Crippen molar-refractivity contribution in [3.63, 3.8) is 0 Å². The third kappa shape index (κ3) is 21.0. The van der Waals surface area contributed by atoms with Crippen LogP contribution in [0.1, 0.15) is 84.8 Å². The minimum Gasteiger partial charge on any atom is -0.462 e. The average molecular weight is 1030 g/mol. The number of hydrogen-bond donors (Lipinski definition) is 14. The molecule has 3 aliphatic heterocycles. The molecule has 2 bridgehead atoms. The lowest BCUT2D eigenvalue weighted by Crippen LogP contribution is -2.64. The summed E-state index contributed by atoms with van der Waals surface area (Å²) in [5, 5.41) is 116. The highest BCUT2D eigenvalue weighted by Crippen LogP contribution is 2.35. The van der Waals surface area contributed by atoms with Crippen LogP contribution in [-0.2, 0) is 30.2 Å². The van der Waals surface area contributed by atoms with Crippen molar-refractivity contribution in [1.29, 1.82) is 0 Å². The summed E-state index contributed by atoms with van der Waals surface area (Å²) in [6.45, 7) is 6.97. The fourth-order valence-corrected chi connectivity index (χ4v) is 8.77. The van der Waals surface area contributed by atoms with Gasteiger partial charge in [-0.3, -0.25) is 4.79 Å².